The Hall–Kier alpha value is -2.78. The summed E-state index contributed by atoms with van der Waals surface area (Å²) in [6.45, 7) is 13.7. The fourth-order valence-electron chi connectivity index (χ4n) is 4.51. The second-order valence-corrected chi connectivity index (χ2v) is 12.1. The van der Waals surface area contributed by atoms with Crippen LogP contribution in [0.25, 0.3) is 43.0 Å². The number of nitrogens with zero attached hydrogens (tertiary/aromatic N) is 2. The summed E-state index contributed by atoms with van der Waals surface area (Å²) in [7, 11) is 0. The van der Waals surface area contributed by atoms with Crippen molar-refractivity contribution >= 4 is 43.1 Å². The summed E-state index contributed by atoms with van der Waals surface area (Å²) < 4.78 is 1.27. The van der Waals surface area contributed by atoms with Crippen LogP contribution < -0.4 is 0 Å². The van der Waals surface area contributed by atoms with Gasteiger partial charge in [0.25, 0.3) is 0 Å². The zero-order valence-electron chi connectivity index (χ0n) is 19.8. The first-order chi connectivity index (χ1) is 15.1. The molecule has 0 saturated heterocycles. The Bertz CT molecular complexity index is 1460. The lowest BCUT2D eigenvalue weighted by molar-refractivity contribution is 0.411. The molecule has 0 aliphatic carbocycles. The van der Waals surface area contributed by atoms with Crippen LogP contribution in [0, 0.1) is 5.41 Å². The first-order valence-corrected chi connectivity index (χ1v) is 12.1. The first kappa shape index (κ1) is 21.1. The van der Waals surface area contributed by atoms with Gasteiger partial charge in [-0.3, -0.25) is 4.98 Å². The standard InChI is InChI=1S/C29H30N2S/c1-28(2,3)17-25-31-24-12-11-21-22(27(24)32-25)13-14-30-26(21)19-15-18-9-7-8-10-20(18)23(16-19)29(4,5)6/h7-16H,17H2,1-6H3. The van der Waals surface area contributed by atoms with Crippen LogP contribution in [-0.4, -0.2) is 9.97 Å². The highest BCUT2D eigenvalue weighted by molar-refractivity contribution is 7.19. The summed E-state index contributed by atoms with van der Waals surface area (Å²) in [6.07, 6.45) is 2.94. The topological polar surface area (TPSA) is 25.8 Å². The molecule has 0 saturated carbocycles. The number of aromatic nitrogens is 2. The molecule has 2 aromatic heterocycles. The summed E-state index contributed by atoms with van der Waals surface area (Å²) in [4.78, 5) is 9.80. The van der Waals surface area contributed by atoms with Gasteiger partial charge in [0.15, 0.2) is 0 Å². The Kier molecular flexibility index (Phi) is 4.86. The highest BCUT2D eigenvalue weighted by Crippen LogP contribution is 2.39. The van der Waals surface area contributed by atoms with Gasteiger partial charge in [-0.25, -0.2) is 4.98 Å². The van der Waals surface area contributed by atoms with E-state index in [0.29, 0.717) is 0 Å². The maximum Gasteiger partial charge on any atom is 0.0944 e. The summed E-state index contributed by atoms with van der Waals surface area (Å²) in [6, 6.07) is 19.8. The van der Waals surface area contributed by atoms with Gasteiger partial charge in [0, 0.05) is 29.0 Å². The molecule has 0 bridgehead atoms. The van der Waals surface area contributed by atoms with Gasteiger partial charge in [0.05, 0.1) is 20.9 Å². The molecule has 0 amide bonds. The number of hydrogen-bond acceptors (Lipinski definition) is 3. The van der Waals surface area contributed by atoms with Gasteiger partial charge in [-0.15, -0.1) is 11.3 Å². The molecule has 0 unspecified atom stereocenters. The molecule has 0 atom stereocenters. The molecule has 0 radical (unpaired) electrons. The van der Waals surface area contributed by atoms with Gasteiger partial charge in [-0.2, -0.15) is 0 Å². The van der Waals surface area contributed by atoms with Gasteiger partial charge >= 0.3 is 0 Å². The molecule has 0 aliphatic heterocycles. The van der Waals surface area contributed by atoms with Crippen molar-refractivity contribution < 1.29 is 0 Å². The van der Waals surface area contributed by atoms with Gasteiger partial charge in [-0.05, 0) is 57.5 Å². The number of benzene rings is 3. The van der Waals surface area contributed by atoms with Gasteiger partial charge in [-0.1, -0.05) is 65.8 Å². The predicted molar refractivity (Wildman–Crippen MR) is 140 cm³/mol. The van der Waals surface area contributed by atoms with Crippen molar-refractivity contribution in [3.63, 3.8) is 0 Å². The predicted octanol–water partition coefficient (Wildman–Crippen LogP) is 8.55. The van der Waals surface area contributed by atoms with Crippen molar-refractivity contribution in [3.8, 4) is 11.3 Å². The third-order valence-corrected chi connectivity index (χ3v) is 7.07. The van der Waals surface area contributed by atoms with Crippen molar-refractivity contribution in [2.75, 3.05) is 0 Å². The largest absolute Gasteiger partial charge is 0.256 e. The van der Waals surface area contributed by atoms with E-state index in [-0.39, 0.29) is 10.8 Å². The van der Waals surface area contributed by atoms with E-state index in [1.54, 1.807) is 0 Å². The molecule has 5 rings (SSSR count). The molecule has 0 fully saturated rings. The maximum absolute atomic E-state index is 4.94. The van der Waals surface area contributed by atoms with Crippen LogP contribution in [0.2, 0.25) is 0 Å². The number of pyridine rings is 1. The van der Waals surface area contributed by atoms with Crippen molar-refractivity contribution in [1.82, 2.24) is 9.97 Å². The maximum atomic E-state index is 4.94. The number of thiazole rings is 1. The Morgan fingerprint density at radius 3 is 2.34 bits per heavy atom. The van der Waals surface area contributed by atoms with Crippen molar-refractivity contribution in [2.24, 2.45) is 5.41 Å². The lowest BCUT2D eigenvalue weighted by Gasteiger charge is -2.23. The zero-order valence-corrected chi connectivity index (χ0v) is 20.6. The van der Waals surface area contributed by atoms with Crippen LogP contribution in [-0.2, 0) is 11.8 Å². The monoisotopic (exact) mass is 438 g/mol. The van der Waals surface area contributed by atoms with Crippen molar-refractivity contribution in [3.05, 3.63) is 71.4 Å². The minimum Gasteiger partial charge on any atom is -0.256 e. The molecule has 32 heavy (non-hydrogen) atoms. The van der Waals surface area contributed by atoms with Crippen LogP contribution in [0.3, 0.4) is 0 Å². The third kappa shape index (κ3) is 3.80. The molecule has 0 spiro atoms. The number of fused-ring (bicyclic) bond motifs is 4. The van der Waals surface area contributed by atoms with Gasteiger partial charge in [0.2, 0.25) is 0 Å². The highest BCUT2D eigenvalue weighted by Gasteiger charge is 2.20. The minimum atomic E-state index is 0.0486. The van der Waals surface area contributed by atoms with Gasteiger partial charge < -0.3 is 0 Å². The van der Waals surface area contributed by atoms with E-state index in [1.807, 2.05) is 17.5 Å². The summed E-state index contributed by atoms with van der Waals surface area (Å²) in [5.41, 5.74) is 4.95. The van der Waals surface area contributed by atoms with E-state index < -0.39 is 0 Å². The van der Waals surface area contributed by atoms with E-state index in [9.17, 15) is 0 Å². The fraction of sp³-hybridized carbons (Fsp3) is 0.310. The van der Waals surface area contributed by atoms with Crippen LogP contribution >= 0.6 is 11.3 Å². The molecule has 3 heteroatoms. The summed E-state index contributed by atoms with van der Waals surface area (Å²) in [5.74, 6) is 0. The Balaban J connectivity index is 1.75. The first-order valence-electron chi connectivity index (χ1n) is 11.3. The summed E-state index contributed by atoms with van der Waals surface area (Å²) >= 11 is 1.83. The third-order valence-electron chi connectivity index (χ3n) is 5.97. The minimum absolute atomic E-state index is 0.0486. The Labute approximate surface area is 194 Å². The van der Waals surface area contributed by atoms with E-state index in [0.717, 1.165) is 17.6 Å². The van der Waals surface area contributed by atoms with Crippen LogP contribution in [0.15, 0.2) is 60.8 Å². The Morgan fingerprint density at radius 1 is 0.812 bits per heavy atom. The smallest absolute Gasteiger partial charge is 0.0944 e. The highest BCUT2D eigenvalue weighted by atomic mass is 32.1. The van der Waals surface area contributed by atoms with Crippen LogP contribution in [0.4, 0.5) is 0 Å². The van der Waals surface area contributed by atoms with Crippen molar-refractivity contribution in [2.45, 2.75) is 53.4 Å². The summed E-state index contributed by atoms with van der Waals surface area (Å²) in [5, 5.41) is 6.23. The molecule has 2 heterocycles. The lowest BCUT2D eigenvalue weighted by Crippen LogP contribution is -2.12. The van der Waals surface area contributed by atoms with Crippen LogP contribution in [0.1, 0.15) is 52.1 Å². The molecule has 0 aliphatic rings. The van der Waals surface area contributed by atoms with E-state index in [4.69, 9.17) is 9.97 Å². The SMILES string of the molecule is CC(C)(C)Cc1nc2ccc3c(-c4cc(C(C)(C)C)c5ccccc5c4)nccc3c2s1. The molecule has 5 aromatic rings. The lowest BCUT2D eigenvalue weighted by atomic mass is 9.82. The quantitative estimate of drug-likeness (QED) is 0.276. The molecule has 3 aromatic carbocycles. The van der Waals surface area contributed by atoms with Crippen LogP contribution in [0.5, 0.6) is 0 Å². The normalized spacial score (nSPS) is 12.8. The molecule has 162 valence electrons. The molecule has 0 N–H and O–H groups in total. The number of rotatable bonds is 2. The van der Waals surface area contributed by atoms with Gasteiger partial charge in [0.1, 0.15) is 0 Å². The molecule has 2 nitrogen and oxygen atoms in total. The Morgan fingerprint density at radius 2 is 1.59 bits per heavy atom. The molecular formula is C29H30N2S. The molecular weight excluding hydrogens is 408 g/mol. The average Bonchev–Trinajstić information content (AvgIpc) is 3.13. The second kappa shape index (κ2) is 7.38. The van der Waals surface area contributed by atoms with E-state index >= 15 is 0 Å². The van der Waals surface area contributed by atoms with E-state index in [1.165, 1.54) is 42.4 Å². The fourth-order valence-corrected chi connectivity index (χ4v) is 5.90. The van der Waals surface area contributed by atoms with Crippen molar-refractivity contribution in [1.29, 1.82) is 0 Å². The average molecular weight is 439 g/mol. The second-order valence-electron chi connectivity index (χ2n) is 11.0. The zero-order chi connectivity index (χ0) is 22.7. The number of hydrogen-bond donors (Lipinski definition) is 0. The van der Waals surface area contributed by atoms with E-state index in [2.05, 4.69) is 96.1 Å².